The maximum atomic E-state index is 5.42. The number of rotatable bonds is 6. The minimum Gasteiger partial charge on any atom is -0.379 e. The van der Waals surface area contributed by atoms with Crippen LogP contribution in [-0.2, 0) is 11.2 Å². The zero-order chi connectivity index (χ0) is 20.2. The summed E-state index contributed by atoms with van der Waals surface area (Å²) in [5.41, 5.74) is 4.93. The van der Waals surface area contributed by atoms with Crippen LogP contribution in [0.5, 0.6) is 0 Å². The minimum absolute atomic E-state index is 0.647. The number of nitrogens with zero attached hydrogens (tertiary/aromatic N) is 4. The highest BCUT2D eigenvalue weighted by molar-refractivity contribution is 5.99. The van der Waals surface area contributed by atoms with E-state index in [0.29, 0.717) is 5.65 Å². The number of nitrogens with one attached hydrogen (secondary N) is 2. The molecule has 0 amide bonds. The van der Waals surface area contributed by atoms with E-state index in [4.69, 9.17) is 4.74 Å². The van der Waals surface area contributed by atoms with Crippen LogP contribution < -0.4 is 5.32 Å². The highest BCUT2D eigenvalue weighted by Gasteiger charge is 2.14. The van der Waals surface area contributed by atoms with Gasteiger partial charge in [0.05, 0.1) is 24.3 Å². The number of hydrogen-bond acceptors (Lipinski definition) is 6. The lowest BCUT2D eigenvalue weighted by atomic mass is 10.1. The largest absolute Gasteiger partial charge is 0.379 e. The van der Waals surface area contributed by atoms with Gasteiger partial charge in [0.1, 0.15) is 12.1 Å². The van der Waals surface area contributed by atoms with Crippen molar-refractivity contribution in [2.24, 2.45) is 0 Å². The lowest BCUT2D eigenvalue weighted by Gasteiger charge is -2.26. The highest BCUT2D eigenvalue weighted by Crippen LogP contribution is 2.31. The Morgan fingerprint density at radius 3 is 2.57 bits per heavy atom. The molecule has 1 aliphatic heterocycles. The Morgan fingerprint density at radius 2 is 1.77 bits per heavy atom. The third kappa shape index (κ3) is 4.03. The van der Waals surface area contributed by atoms with Crippen LogP contribution in [0.1, 0.15) is 5.56 Å². The molecule has 1 saturated heterocycles. The Morgan fingerprint density at radius 1 is 0.967 bits per heavy atom. The minimum atomic E-state index is 0.647. The second kappa shape index (κ2) is 8.61. The molecule has 2 aromatic carbocycles. The van der Waals surface area contributed by atoms with Crippen LogP contribution in [0.25, 0.3) is 22.3 Å². The van der Waals surface area contributed by atoms with Gasteiger partial charge in [-0.3, -0.25) is 10.00 Å². The summed E-state index contributed by atoms with van der Waals surface area (Å²) >= 11 is 0. The molecular formula is C23H24N6O. The van der Waals surface area contributed by atoms with Gasteiger partial charge in [0.25, 0.3) is 0 Å². The van der Waals surface area contributed by atoms with Crippen molar-refractivity contribution in [1.82, 2.24) is 25.1 Å². The molecule has 30 heavy (non-hydrogen) atoms. The second-order valence-electron chi connectivity index (χ2n) is 7.41. The summed E-state index contributed by atoms with van der Waals surface area (Å²) in [7, 11) is 0. The number of H-pyrrole nitrogens is 1. The van der Waals surface area contributed by atoms with Crippen LogP contribution in [0, 0.1) is 0 Å². The van der Waals surface area contributed by atoms with Crippen molar-refractivity contribution < 1.29 is 4.74 Å². The Balaban J connectivity index is 1.33. The van der Waals surface area contributed by atoms with Crippen molar-refractivity contribution in [2.75, 3.05) is 38.2 Å². The third-order valence-corrected chi connectivity index (χ3v) is 5.45. The first-order chi connectivity index (χ1) is 14.9. The molecule has 7 nitrogen and oxygen atoms in total. The predicted octanol–water partition coefficient (Wildman–Crippen LogP) is 3.64. The molecule has 3 heterocycles. The Hall–Kier alpha value is -3.29. The molecule has 0 spiro atoms. The van der Waals surface area contributed by atoms with Gasteiger partial charge in [0, 0.05) is 30.9 Å². The van der Waals surface area contributed by atoms with Gasteiger partial charge in [-0.05, 0) is 24.1 Å². The highest BCUT2D eigenvalue weighted by atomic mass is 16.5. The smallest absolute Gasteiger partial charge is 0.186 e. The van der Waals surface area contributed by atoms with Crippen LogP contribution in [0.15, 0.2) is 60.9 Å². The van der Waals surface area contributed by atoms with Gasteiger partial charge in [-0.25, -0.2) is 9.97 Å². The van der Waals surface area contributed by atoms with Gasteiger partial charge in [-0.2, -0.15) is 5.10 Å². The van der Waals surface area contributed by atoms with Gasteiger partial charge in [-0.1, -0.05) is 42.5 Å². The molecule has 0 unspecified atom stereocenters. The molecule has 0 saturated carbocycles. The summed E-state index contributed by atoms with van der Waals surface area (Å²) in [5.74, 6) is 0.744. The number of morpholine rings is 1. The SMILES string of the molecule is c1ccc(-c2[nH]nc3ncnc(Nc4ccc(CCN5CCOCC5)cc4)c23)cc1. The first kappa shape index (κ1) is 18.7. The molecule has 0 atom stereocenters. The average Bonchev–Trinajstić information content (AvgIpc) is 3.25. The number of aromatic nitrogens is 4. The van der Waals surface area contributed by atoms with Gasteiger partial charge in [0.2, 0.25) is 0 Å². The predicted molar refractivity (Wildman–Crippen MR) is 118 cm³/mol. The molecule has 2 aromatic heterocycles. The zero-order valence-corrected chi connectivity index (χ0v) is 16.7. The molecule has 0 bridgehead atoms. The van der Waals surface area contributed by atoms with Crippen molar-refractivity contribution in [2.45, 2.75) is 6.42 Å². The fraction of sp³-hybridized carbons (Fsp3) is 0.261. The summed E-state index contributed by atoms with van der Waals surface area (Å²) in [6.45, 7) is 4.80. The van der Waals surface area contributed by atoms with Crippen LogP contribution in [0.2, 0.25) is 0 Å². The van der Waals surface area contributed by atoms with Crippen LogP contribution in [0.3, 0.4) is 0 Å². The fourth-order valence-corrected chi connectivity index (χ4v) is 3.77. The number of anilines is 2. The van der Waals surface area contributed by atoms with E-state index in [1.807, 2.05) is 30.3 Å². The Labute approximate surface area is 175 Å². The lowest BCUT2D eigenvalue weighted by molar-refractivity contribution is 0.0384. The average molecular weight is 400 g/mol. The van der Waals surface area contributed by atoms with Gasteiger partial charge in [0.15, 0.2) is 5.65 Å². The van der Waals surface area contributed by atoms with Gasteiger partial charge < -0.3 is 10.1 Å². The normalized spacial score (nSPS) is 14.8. The van der Waals surface area contributed by atoms with E-state index in [9.17, 15) is 0 Å². The van der Waals surface area contributed by atoms with E-state index in [1.165, 1.54) is 11.9 Å². The molecule has 2 N–H and O–H groups in total. The monoisotopic (exact) mass is 400 g/mol. The van der Waals surface area contributed by atoms with Crippen molar-refractivity contribution in [3.63, 3.8) is 0 Å². The molecular weight excluding hydrogens is 376 g/mol. The molecule has 152 valence electrons. The Kier molecular flexibility index (Phi) is 5.37. The maximum absolute atomic E-state index is 5.42. The van der Waals surface area contributed by atoms with E-state index in [2.05, 4.69) is 54.6 Å². The zero-order valence-electron chi connectivity index (χ0n) is 16.7. The molecule has 1 fully saturated rings. The number of benzene rings is 2. The van der Waals surface area contributed by atoms with Crippen LogP contribution >= 0.6 is 0 Å². The van der Waals surface area contributed by atoms with Gasteiger partial charge >= 0.3 is 0 Å². The summed E-state index contributed by atoms with van der Waals surface area (Å²) in [6.07, 6.45) is 2.58. The van der Waals surface area contributed by atoms with E-state index < -0.39 is 0 Å². The summed E-state index contributed by atoms with van der Waals surface area (Å²) in [4.78, 5) is 11.2. The summed E-state index contributed by atoms with van der Waals surface area (Å²) < 4.78 is 5.42. The summed E-state index contributed by atoms with van der Waals surface area (Å²) in [6, 6.07) is 18.7. The van der Waals surface area contributed by atoms with E-state index >= 15 is 0 Å². The molecule has 0 radical (unpaired) electrons. The van der Waals surface area contributed by atoms with E-state index in [0.717, 1.165) is 67.4 Å². The number of fused-ring (bicyclic) bond motifs is 1. The maximum Gasteiger partial charge on any atom is 0.186 e. The number of hydrogen-bond donors (Lipinski definition) is 2. The third-order valence-electron chi connectivity index (χ3n) is 5.45. The van der Waals surface area contributed by atoms with Crippen LogP contribution in [-0.4, -0.2) is 57.9 Å². The number of aromatic amines is 1. The first-order valence-electron chi connectivity index (χ1n) is 10.3. The molecule has 7 heteroatoms. The number of ether oxygens (including phenoxy) is 1. The van der Waals surface area contributed by atoms with Crippen molar-refractivity contribution in [1.29, 1.82) is 0 Å². The van der Waals surface area contributed by atoms with E-state index in [-0.39, 0.29) is 0 Å². The fourth-order valence-electron chi connectivity index (χ4n) is 3.77. The van der Waals surface area contributed by atoms with Gasteiger partial charge in [-0.15, -0.1) is 0 Å². The topological polar surface area (TPSA) is 79.0 Å². The summed E-state index contributed by atoms with van der Waals surface area (Å²) in [5, 5.41) is 11.8. The van der Waals surface area contributed by atoms with Crippen molar-refractivity contribution in [3.8, 4) is 11.3 Å². The molecule has 4 aromatic rings. The molecule has 5 rings (SSSR count). The van der Waals surface area contributed by atoms with Crippen molar-refractivity contribution in [3.05, 3.63) is 66.5 Å². The van der Waals surface area contributed by atoms with Crippen molar-refractivity contribution >= 4 is 22.5 Å². The Bertz CT molecular complexity index is 1100. The lowest BCUT2D eigenvalue weighted by Crippen LogP contribution is -2.37. The molecule has 0 aliphatic carbocycles. The quantitative estimate of drug-likeness (QED) is 0.514. The van der Waals surface area contributed by atoms with E-state index in [1.54, 1.807) is 0 Å². The first-order valence-corrected chi connectivity index (χ1v) is 10.3. The standard InChI is InChI=1S/C23H24N6O/c1-2-4-18(5-3-1)21-20-22(24-16-25-23(20)28-27-21)26-19-8-6-17(7-9-19)10-11-29-12-14-30-15-13-29/h1-9,16H,10-15H2,(H2,24,25,26,27,28). The second-order valence-corrected chi connectivity index (χ2v) is 7.41. The van der Waals surface area contributed by atoms with Crippen LogP contribution in [0.4, 0.5) is 11.5 Å². The molecule has 1 aliphatic rings.